The van der Waals surface area contributed by atoms with Gasteiger partial charge in [-0.15, -0.1) is 0 Å². The van der Waals surface area contributed by atoms with Crippen molar-refractivity contribution in [2.24, 2.45) is 0 Å². The molecule has 1 heterocycles. The molecule has 0 atom stereocenters. The van der Waals surface area contributed by atoms with Crippen molar-refractivity contribution >= 4 is 11.6 Å². The fraction of sp³-hybridized carbons (Fsp3) is 0.235. The van der Waals surface area contributed by atoms with Gasteiger partial charge >= 0.3 is 0 Å². The summed E-state index contributed by atoms with van der Waals surface area (Å²) in [6.07, 6.45) is 0. The number of hydrogen-bond acceptors (Lipinski definition) is 3. The molecule has 0 aromatic heterocycles. The molecule has 4 heteroatoms. The second kappa shape index (κ2) is 5.48. The average Bonchev–Trinajstić information content (AvgIpc) is 2.69. The molecule has 2 aromatic rings. The highest BCUT2D eigenvalue weighted by Gasteiger charge is 2.23. The average molecular weight is 282 g/mol. The van der Waals surface area contributed by atoms with Crippen LogP contribution in [0.25, 0.3) is 0 Å². The van der Waals surface area contributed by atoms with Gasteiger partial charge in [0.15, 0.2) is 0 Å². The van der Waals surface area contributed by atoms with Crippen LogP contribution in [0.15, 0.2) is 42.5 Å². The summed E-state index contributed by atoms with van der Waals surface area (Å²) in [6, 6.07) is 13.4. The predicted molar refractivity (Wildman–Crippen MR) is 82.3 cm³/mol. The molecule has 0 radical (unpaired) electrons. The molecule has 21 heavy (non-hydrogen) atoms. The van der Waals surface area contributed by atoms with Gasteiger partial charge in [0.05, 0.1) is 12.1 Å². The van der Waals surface area contributed by atoms with Crippen LogP contribution in [0.1, 0.15) is 21.5 Å². The third kappa shape index (κ3) is 2.57. The van der Waals surface area contributed by atoms with Crippen molar-refractivity contribution in [3.63, 3.8) is 0 Å². The van der Waals surface area contributed by atoms with Gasteiger partial charge in [0.25, 0.3) is 5.91 Å². The fourth-order valence-corrected chi connectivity index (χ4v) is 2.64. The summed E-state index contributed by atoms with van der Waals surface area (Å²) in [5.41, 5.74) is 9.03. The van der Waals surface area contributed by atoms with Gasteiger partial charge < -0.3 is 15.4 Å². The van der Waals surface area contributed by atoms with Crippen molar-refractivity contribution in [3.05, 3.63) is 59.2 Å². The van der Waals surface area contributed by atoms with Crippen LogP contribution in [0, 0.1) is 6.92 Å². The third-order valence-electron chi connectivity index (χ3n) is 3.76. The molecule has 2 aromatic carbocycles. The molecule has 3 rings (SSSR count). The van der Waals surface area contributed by atoms with Crippen molar-refractivity contribution in [2.45, 2.75) is 13.5 Å². The van der Waals surface area contributed by atoms with Crippen molar-refractivity contribution in [1.29, 1.82) is 0 Å². The highest BCUT2D eigenvalue weighted by atomic mass is 16.5. The molecule has 0 saturated heterocycles. The quantitative estimate of drug-likeness (QED) is 0.818. The van der Waals surface area contributed by atoms with E-state index in [2.05, 4.69) is 0 Å². The van der Waals surface area contributed by atoms with Crippen LogP contribution in [0.5, 0.6) is 5.75 Å². The zero-order chi connectivity index (χ0) is 14.8. The van der Waals surface area contributed by atoms with Crippen molar-refractivity contribution in [2.75, 3.05) is 18.9 Å². The zero-order valence-corrected chi connectivity index (χ0v) is 12.0. The molecular weight excluding hydrogens is 264 g/mol. The van der Waals surface area contributed by atoms with Crippen LogP contribution >= 0.6 is 0 Å². The number of carbonyl (C=O) groups excluding carboxylic acids is 1. The molecule has 1 aliphatic heterocycles. The van der Waals surface area contributed by atoms with E-state index >= 15 is 0 Å². The van der Waals surface area contributed by atoms with E-state index in [1.807, 2.05) is 43.3 Å². The number of benzene rings is 2. The molecule has 108 valence electrons. The van der Waals surface area contributed by atoms with Crippen LogP contribution in [0.2, 0.25) is 0 Å². The second-order valence-corrected chi connectivity index (χ2v) is 5.22. The molecule has 1 aliphatic rings. The first kappa shape index (κ1) is 13.5. The van der Waals surface area contributed by atoms with E-state index < -0.39 is 0 Å². The van der Waals surface area contributed by atoms with E-state index in [9.17, 15) is 4.79 Å². The summed E-state index contributed by atoms with van der Waals surface area (Å²) in [5, 5.41) is 0. The first-order valence-electron chi connectivity index (χ1n) is 7.02. The van der Waals surface area contributed by atoms with Crippen LogP contribution in [-0.4, -0.2) is 24.0 Å². The molecular formula is C17H18N2O2. The highest BCUT2D eigenvalue weighted by molar-refractivity contribution is 6.00. The number of aryl methyl sites for hydroxylation is 1. The number of anilines is 1. The van der Waals surface area contributed by atoms with Gasteiger partial charge in [-0.3, -0.25) is 4.79 Å². The molecule has 1 amide bonds. The lowest BCUT2D eigenvalue weighted by molar-refractivity contribution is 0.0733. The molecule has 0 fully saturated rings. The number of carbonyl (C=O) groups is 1. The lowest BCUT2D eigenvalue weighted by Crippen LogP contribution is -2.33. The number of hydrogen-bond donors (Lipinski definition) is 1. The second-order valence-electron chi connectivity index (χ2n) is 5.22. The zero-order valence-electron chi connectivity index (χ0n) is 12.0. The summed E-state index contributed by atoms with van der Waals surface area (Å²) >= 11 is 0. The predicted octanol–water partition coefficient (Wildman–Crippen LogP) is 2.61. The van der Waals surface area contributed by atoms with E-state index in [1.165, 1.54) is 0 Å². The standard InChI is InChI=1S/C17H18N2O2/c1-12-5-4-7-14(18)16(12)17(20)19-9-10-21-15-8-3-2-6-13(15)11-19/h2-8H,9-11,18H2,1H3. The van der Waals surface area contributed by atoms with Gasteiger partial charge in [0, 0.05) is 17.8 Å². The van der Waals surface area contributed by atoms with Crippen LogP contribution in [0.3, 0.4) is 0 Å². The van der Waals surface area contributed by atoms with E-state index in [4.69, 9.17) is 10.5 Å². The lowest BCUT2D eigenvalue weighted by Gasteiger charge is -2.21. The van der Waals surface area contributed by atoms with Gasteiger partial charge in [-0.1, -0.05) is 30.3 Å². The topological polar surface area (TPSA) is 55.6 Å². The summed E-state index contributed by atoms with van der Waals surface area (Å²) in [4.78, 5) is 14.6. The van der Waals surface area contributed by atoms with E-state index in [0.29, 0.717) is 30.9 Å². The molecule has 4 nitrogen and oxygen atoms in total. The maximum atomic E-state index is 12.8. The Labute approximate surface area is 124 Å². The Hall–Kier alpha value is -2.49. The number of nitrogens with zero attached hydrogens (tertiary/aromatic N) is 1. The molecule has 0 bridgehead atoms. The van der Waals surface area contributed by atoms with Gasteiger partial charge in [0.2, 0.25) is 0 Å². The summed E-state index contributed by atoms with van der Waals surface area (Å²) in [6.45, 7) is 3.50. The highest BCUT2D eigenvalue weighted by Crippen LogP contribution is 2.25. The third-order valence-corrected chi connectivity index (χ3v) is 3.76. The summed E-state index contributed by atoms with van der Waals surface area (Å²) < 4.78 is 5.70. The summed E-state index contributed by atoms with van der Waals surface area (Å²) in [5.74, 6) is 0.816. The Balaban J connectivity index is 1.92. The van der Waals surface area contributed by atoms with E-state index in [-0.39, 0.29) is 5.91 Å². The molecule has 0 unspecified atom stereocenters. The minimum Gasteiger partial charge on any atom is -0.491 e. The van der Waals surface area contributed by atoms with E-state index in [0.717, 1.165) is 16.9 Å². The number of amides is 1. The fourth-order valence-electron chi connectivity index (χ4n) is 2.64. The molecule has 0 aliphatic carbocycles. The molecule has 0 spiro atoms. The number of ether oxygens (including phenoxy) is 1. The smallest absolute Gasteiger partial charge is 0.256 e. The first-order chi connectivity index (χ1) is 10.2. The first-order valence-corrected chi connectivity index (χ1v) is 7.02. The number of nitrogens with two attached hydrogens (primary N) is 1. The van der Waals surface area contributed by atoms with Crippen molar-refractivity contribution in [1.82, 2.24) is 4.90 Å². The summed E-state index contributed by atoms with van der Waals surface area (Å²) in [7, 11) is 0. The maximum absolute atomic E-state index is 12.8. The normalized spacial score (nSPS) is 14.0. The molecule has 2 N–H and O–H groups in total. The Bertz CT molecular complexity index is 662. The Kier molecular flexibility index (Phi) is 3.52. The van der Waals surface area contributed by atoms with Gasteiger partial charge in [0.1, 0.15) is 12.4 Å². The number of para-hydroxylation sites is 1. The van der Waals surface area contributed by atoms with E-state index in [1.54, 1.807) is 11.0 Å². The minimum absolute atomic E-state index is 0.0362. The number of rotatable bonds is 1. The monoisotopic (exact) mass is 282 g/mol. The lowest BCUT2D eigenvalue weighted by atomic mass is 10.0. The number of nitrogen functional groups attached to an aromatic ring is 1. The van der Waals surface area contributed by atoms with Crippen LogP contribution < -0.4 is 10.5 Å². The minimum atomic E-state index is -0.0362. The SMILES string of the molecule is Cc1cccc(N)c1C(=O)N1CCOc2ccccc2C1. The Morgan fingerprint density at radius 2 is 2.00 bits per heavy atom. The number of fused-ring (bicyclic) bond motifs is 1. The Morgan fingerprint density at radius 1 is 1.19 bits per heavy atom. The largest absolute Gasteiger partial charge is 0.491 e. The molecule has 0 saturated carbocycles. The van der Waals surface area contributed by atoms with Gasteiger partial charge in [-0.2, -0.15) is 0 Å². The van der Waals surface area contributed by atoms with Crippen LogP contribution in [-0.2, 0) is 6.54 Å². The van der Waals surface area contributed by atoms with Crippen molar-refractivity contribution in [3.8, 4) is 5.75 Å². The Morgan fingerprint density at radius 3 is 2.81 bits per heavy atom. The van der Waals surface area contributed by atoms with Crippen molar-refractivity contribution < 1.29 is 9.53 Å². The van der Waals surface area contributed by atoms with Gasteiger partial charge in [-0.05, 0) is 24.6 Å². The van der Waals surface area contributed by atoms with Gasteiger partial charge in [-0.25, -0.2) is 0 Å². The maximum Gasteiger partial charge on any atom is 0.256 e. The van der Waals surface area contributed by atoms with Crippen LogP contribution in [0.4, 0.5) is 5.69 Å².